The molecule has 0 bridgehead atoms. The minimum absolute atomic E-state index is 0.144. The molecule has 1 aromatic carbocycles. The van der Waals surface area contributed by atoms with Gasteiger partial charge in [0.2, 0.25) is 6.79 Å². The number of carbonyl (C=O) groups is 1. The number of ether oxygens (including phenoxy) is 2. The number of carbonyl (C=O) groups excluding carboxylic acids is 1. The van der Waals surface area contributed by atoms with Gasteiger partial charge in [0, 0.05) is 44.1 Å². The Labute approximate surface area is 162 Å². The molecule has 8 nitrogen and oxygen atoms in total. The zero-order valence-corrected chi connectivity index (χ0v) is 15.5. The largest absolute Gasteiger partial charge is 0.454 e. The third-order valence-corrected chi connectivity index (χ3v) is 5.55. The molecule has 1 unspecified atom stereocenters. The summed E-state index contributed by atoms with van der Waals surface area (Å²) in [5, 5.41) is 12.4. The van der Waals surface area contributed by atoms with Gasteiger partial charge in [-0.2, -0.15) is 0 Å². The SMILES string of the molecule is O=C1NCCc2c1nc(Cc1ccc3c(c1)OCO3)nc2N1CCC(CO)C1. The molecule has 1 amide bonds. The Morgan fingerprint density at radius 3 is 3.00 bits per heavy atom. The van der Waals surface area contributed by atoms with E-state index in [0.717, 1.165) is 54.4 Å². The molecule has 28 heavy (non-hydrogen) atoms. The van der Waals surface area contributed by atoms with Gasteiger partial charge in [-0.1, -0.05) is 6.07 Å². The van der Waals surface area contributed by atoms with E-state index in [1.807, 2.05) is 18.2 Å². The molecule has 3 aliphatic heterocycles. The van der Waals surface area contributed by atoms with Gasteiger partial charge >= 0.3 is 0 Å². The lowest BCUT2D eigenvalue weighted by atomic mass is 10.0. The molecule has 4 heterocycles. The first-order chi connectivity index (χ1) is 13.7. The van der Waals surface area contributed by atoms with Crippen molar-refractivity contribution in [3.05, 3.63) is 40.8 Å². The van der Waals surface area contributed by atoms with Crippen molar-refractivity contribution in [2.75, 3.05) is 37.9 Å². The van der Waals surface area contributed by atoms with Gasteiger partial charge in [-0.15, -0.1) is 0 Å². The summed E-state index contributed by atoms with van der Waals surface area (Å²) < 4.78 is 10.8. The van der Waals surface area contributed by atoms with E-state index in [0.29, 0.717) is 24.5 Å². The van der Waals surface area contributed by atoms with Crippen LogP contribution in [0.1, 0.15) is 33.9 Å². The van der Waals surface area contributed by atoms with Gasteiger partial charge in [0.15, 0.2) is 11.5 Å². The number of hydrogen-bond acceptors (Lipinski definition) is 7. The Balaban J connectivity index is 1.50. The van der Waals surface area contributed by atoms with Crippen molar-refractivity contribution >= 4 is 11.7 Å². The van der Waals surface area contributed by atoms with Crippen molar-refractivity contribution in [2.24, 2.45) is 5.92 Å². The number of aromatic nitrogens is 2. The summed E-state index contributed by atoms with van der Waals surface area (Å²) in [6, 6.07) is 5.78. The molecule has 1 atom stereocenters. The molecule has 0 aliphatic carbocycles. The van der Waals surface area contributed by atoms with E-state index in [4.69, 9.17) is 14.5 Å². The Morgan fingerprint density at radius 2 is 2.14 bits per heavy atom. The van der Waals surface area contributed by atoms with Gasteiger partial charge in [0.1, 0.15) is 17.3 Å². The molecular formula is C20H22N4O4. The van der Waals surface area contributed by atoms with E-state index in [1.165, 1.54) is 0 Å². The van der Waals surface area contributed by atoms with Crippen molar-refractivity contribution in [1.29, 1.82) is 0 Å². The minimum atomic E-state index is -0.144. The molecule has 1 saturated heterocycles. The molecule has 5 rings (SSSR count). The third kappa shape index (κ3) is 3.03. The normalized spacial score (nSPS) is 20.2. The summed E-state index contributed by atoms with van der Waals surface area (Å²) >= 11 is 0. The molecular weight excluding hydrogens is 360 g/mol. The van der Waals surface area contributed by atoms with Crippen LogP contribution < -0.4 is 19.7 Å². The summed E-state index contributed by atoms with van der Waals surface area (Å²) in [7, 11) is 0. The quantitative estimate of drug-likeness (QED) is 0.811. The molecule has 0 radical (unpaired) electrons. The highest BCUT2D eigenvalue weighted by atomic mass is 16.7. The first-order valence-electron chi connectivity index (χ1n) is 9.63. The summed E-state index contributed by atoms with van der Waals surface area (Å²) in [4.78, 5) is 24.0. The Bertz CT molecular complexity index is 933. The highest BCUT2D eigenvalue weighted by molar-refractivity contribution is 5.96. The lowest BCUT2D eigenvalue weighted by Gasteiger charge is -2.25. The number of amides is 1. The molecule has 1 aromatic heterocycles. The fourth-order valence-electron chi connectivity index (χ4n) is 4.07. The summed E-state index contributed by atoms with van der Waals surface area (Å²) in [6.07, 6.45) is 2.15. The Kier molecular flexibility index (Phi) is 4.27. The second-order valence-electron chi connectivity index (χ2n) is 7.44. The molecule has 3 aliphatic rings. The van der Waals surface area contributed by atoms with Gasteiger partial charge in [0.05, 0.1) is 0 Å². The summed E-state index contributed by atoms with van der Waals surface area (Å²) in [5.74, 6) is 3.01. The van der Waals surface area contributed by atoms with Crippen molar-refractivity contribution in [1.82, 2.24) is 15.3 Å². The van der Waals surface area contributed by atoms with Crippen LogP contribution in [0.3, 0.4) is 0 Å². The first-order valence-corrected chi connectivity index (χ1v) is 9.63. The maximum absolute atomic E-state index is 12.4. The predicted octanol–water partition coefficient (Wildman–Crippen LogP) is 0.901. The number of benzene rings is 1. The van der Waals surface area contributed by atoms with Crippen LogP contribution in [0.4, 0.5) is 5.82 Å². The lowest BCUT2D eigenvalue weighted by molar-refractivity contribution is 0.0940. The highest BCUT2D eigenvalue weighted by Crippen LogP contribution is 2.33. The molecule has 146 valence electrons. The number of aliphatic hydroxyl groups is 1. The number of nitrogens with zero attached hydrogens (tertiary/aromatic N) is 3. The van der Waals surface area contributed by atoms with Crippen LogP contribution in [0, 0.1) is 5.92 Å². The zero-order valence-electron chi connectivity index (χ0n) is 15.5. The Hall–Kier alpha value is -2.87. The topological polar surface area (TPSA) is 96.8 Å². The fourth-order valence-corrected chi connectivity index (χ4v) is 4.07. The van der Waals surface area contributed by atoms with Crippen LogP contribution in [0.5, 0.6) is 11.5 Å². The average Bonchev–Trinajstić information content (AvgIpc) is 3.37. The van der Waals surface area contributed by atoms with Crippen molar-refractivity contribution in [3.63, 3.8) is 0 Å². The predicted molar refractivity (Wildman–Crippen MR) is 101 cm³/mol. The monoisotopic (exact) mass is 382 g/mol. The van der Waals surface area contributed by atoms with Crippen LogP contribution >= 0.6 is 0 Å². The molecule has 0 spiro atoms. The molecule has 0 saturated carbocycles. The number of fused-ring (bicyclic) bond motifs is 2. The van der Waals surface area contributed by atoms with Gasteiger partial charge < -0.3 is 24.8 Å². The van der Waals surface area contributed by atoms with Gasteiger partial charge in [0.25, 0.3) is 5.91 Å². The van der Waals surface area contributed by atoms with Crippen molar-refractivity contribution in [2.45, 2.75) is 19.3 Å². The van der Waals surface area contributed by atoms with Crippen LogP contribution in [-0.2, 0) is 12.8 Å². The van der Waals surface area contributed by atoms with Crippen molar-refractivity contribution < 1.29 is 19.4 Å². The average molecular weight is 382 g/mol. The Morgan fingerprint density at radius 1 is 1.25 bits per heavy atom. The number of anilines is 1. The maximum Gasteiger partial charge on any atom is 0.270 e. The number of nitrogens with one attached hydrogen (secondary N) is 1. The second kappa shape index (κ2) is 6.94. The zero-order chi connectivity index (χ0) is 19.1. The van der Waals surface area contributed by atoms with Crippen LogP contribution in [-0.4, -0.2) is 54.0 Å². The maximum atomic E-state index is 12.4. The fraction of sp³-hybridized carbons (Fsp3) is 0.450. The minimum Gasteiger partial charge on any atom is -0.454 e. The lowest BCUT2D eigenvalue weighted by Crippen LogP contribution is -2.36. The van der Waals surface area contributed by atoms with Gasteiger partial charge in [-0.05, 0) is 30.5 Å². The molecule has 2 aromatic rings. The van der Waals surface area contributed by atoms with E-state index in [9.17, 15) is 9.90 Å². The standard InChI is InChI=1S/C20H22N4O4/c25-10-13-4-6-24(9-13)19-14-3-5-21-20(26)18(14)22-17(23-19)8-12-1-2-15-16(7-12)28-11-27-15/h1-2,7,13,25H,3-6,8-11H2,(H,21,26). The molecule has 8 heteroatoms. The summed E-state index contributed by atoms with van der Waals surface area (Å²) in [5.41, 5.74) is 2.39. The first kappa shape index (κ1) is 17.2. The van der Waals surface area contributed by atoms with E-state index in [2.05, 4.69) is 15.2 Å². The van der Waals surface area contributed by atoms with Crippen LogP contribution in [0.15, 0.2) is 18.2 Å². The molecule has 1 fully saturated rings. The van der Waals surface area contributed by atoms with E-state index < -0.39 is 0 Å². The van der Waals surface area contributed by atoms with Crippen LogP contribution in [0.2, 0.25) is 0 Å². The van der Waals surface area contributed by atoms with Crippen molar-refractivity contribution in [3.8, 4) is 11.5 Å². The second-order valence-corrected chi connectivity index (χ2v) is 7.44. The van der Waals surface area contributed by atoms with Crippen LogP contribution in [0.25, 0.3) is 0 Å². The number of rotatable bonds is 4. The number of aliphatic hydroxyl groups excluding tert-OH is 1. The summed E-state index contributed by atoms with van der Waals surface area (Å²) in [6.45, 7) is 2.60. The van der Waals surface area contributed by atoms with E-state index in [-0.39, 0.29) is 25.2 Å². The third-order valence-electron chi connectivity index (χ3n) is 5.55. The van der Waals surface area contributed by atoms with Gasteiger partial charge in [-0.3, -0.25) is 4.79 Å². The van der Waals surface area contributed by atoms with E-state index >= 15 is 0 Å². The number of hydrogen-bond donors (Lipinski definition) is 2. The molecule has 2 N–H and O–H groups in total. The van der Waals surface area contributed by atoms with E-state index in [1.54, 1.807) is 0 Å². The smallest absolute Gasteiger partial charge is 0.270 e. The van der Waals surface area contributed by atoms with Gasteiger partial charge in [-0.25, -0.2) is 9.97 Å². The highest BCUT2D eigenvalue weighted by Gasteiger charge is 2.30.